The number of pyridine rings is 1. The van der Waals surface area contributed by atoms with Crippen LogP contribution in [0.5, 0.6) is 0 Å². The third-order valence-electron chi connectivity index (χ3n) is 4.12. The average molecular weight is 373 g/mol. The van der Waals surface area contributed by atoms with Gasteiger partial charge in [0, 0.05) is 18.6 Å². The molecule has 5 rings (SSSR count). The van der Waals surface area contributed by atoms with Crippen molar-refractivity contribution in [3.05, 3.63) is 81.4 Å². The normalized spacial score (nSPS) is 11.7. The van der Waals surface area contributed by atoms with Gasteiger partial charge in [0.1, 0.15) is 23.0 Å². The van der Waals surface area contributed by atoms with Gasteiger partial charge in [0.25, 0.3) is 0 Å². The van der Waals surface area contributed by atoms with Crippen LogP contribution < -0.4 is 11.3 Å². The first-order chi connectivity index (χ1) is 13.7. The second-order valence-corrected chi connectivity index (χ2v) is 5.84. The zero-order valence-corrected chi connectivity index (χ0v) is 14.2. The molecule has 9 nitrogen and oxygen atoms in total. The third-order valence-corrected chi connectivity index (χ3v) is 4.12. The minimum absolute atomic E-state index is 0.101. The van der Waals surface area contributed by atoms with Crippen molar-refractivity contribution >= 4 is 34.4 Å². The van der Waals surface area contributed by atoms with E-state index in [9.17, 15) is 9.59 Å². The first kappa shape index (κ1) is 15.9. The summed E-state index contributed by atoms with van der Waals surface area (Å²) >= 11 is 0. The van der Waals surface area contributed by atoms with Gasteiger partial charge < -0.3 is 13.8 Å². The van der Waals surface area contributed by atoms with Crippen LogP contribution in [-0.4, -0.2) is 24.5 Å². The first-order valence-electron chi connectivity index (χ1n) is 8.29. The van der Waals surface area contributed by atoms with Gasteiger partial charge in [0.2, 0.25) is 5.58 Å². The van der Waals surface area contributed by atoms with E-state index in [4.69, 9.17) is 8.83 Å². The van der Waals surface area contributed by atoms with E-state index in [1.165, 1.54) is 0 Å². The minimum atomic E-state index is -1.08. The highest BCUT2D eigenvalue weighted by Crippen LogP contribution is 2.27. The summed E-state index contributed by atoms with van der Waals surface area (Å²) in [6.45, 7) is 0. The van der Waals surface area contributed by atoms with E-state index in [0.717, 1.165) is 0 Å². The Morgan fingerprint density at radius 3 is 2.64 bits per heavy atom. The van der Waals surface area contributed by atoms with E-state index < -0.39 is 11.3 Å². The van der Waals surface area contributed by atoms with Crippen LogP contribution in [0.25, 0.3) is 40.2 Å². The molecule has 1 aromatic carbocycles. The number of fused-ring (bicyclic) bond motifs is 3. The topological polar surface area (TPSA) is 120 Å². The van der Waals surface area contributed by atoms with Gasteiger partial charge in [-0.05, 0) is 36.4 Å². The highest BCUT2D eigenvalue weighted by molar-refractivity contribution is 5.99. The molecule has 0 aliphatic rings. The molecule has 0 aliphatic carbocycles. The summed E-state index contributed by atoms with van der Waals surface area (Å²) < 4.78 is 12.0. The molecule has 0 amide bonds. The number of benzene rings is 1. The molecule has 0 bridgehead atoms. The molecule has 0 saturated heterocycles. The molecule has 0 radical (unpaired) electrons. The highest BCUT2D eigenvalue weighted by Gasteiger charge is 2.17. The SMILES string of the molecule is O=c1oc2ccc3c(nc(/C=C/c4ncc[nH]4)n3-c3ccccn3)c2oc1=O. The lowest BCUT2D eigenvalue weighted by Crippen LogP contribution is -2.20. The number of nitrogens with zero attached hydrogens (tertiary/aromatic N) is 4. The van der Waals surface area contributed by atoms with Crippen molar-refractivity contribution in [2.24, 2.45) is 0 Å². The molecule has 136 valence electrons. The van der Waals surface area contributed by atoms with Crippen LogP contribution in [0, 0.1) is 0 Å². The number of H-pyrrole nitrogens is 1. The number of hydrogen-bond donors (Lipinski definition) is 1. The second kappa shape index (κ2) is 6.16. The van der Waals surface area contributed by atoms with Gasteiger partial charge in [-0.25, -0.2) is 24.5 Å². The molecule has 0 aliphatic heterocycles. The van der Waals surface area contributed by atoms with Crippen LogP contribution in [0.1, 0.15) is 11.6 Å². The molecule has 4 aromatic heterocycles. The van der Waals surface area contributed by atoms with Crippen molar-refractivity contribution in [1.29, 1.82) is 0 Å². The predicted octanol–water partition coefficient (Wildman–Crippen LogP) is 2.37. The Bertz CT molecular complexity index is 1440. The van der Waals surface area contributed by atoms with Gasteiger partial charge in [-0.1, -0.05) is 6.07 Å². The number of imidazole rings is 2. The molecule has 1 N–H and O–H groups in total. The van der Waals surface area contributed by atoms with Crippen LogP contribution in [-0.2, 0) is 0 Å². The maximum atomic E-state index is 11.7. The lowest BCUT2D eigenvalue weighted by Gasteiger charge is -2.05. The highest BCUT2D eigenvalue weighted by atomic mass is 16.5. The van der Waals surface area contributed by atoms with Crippen LogP contribution >= 0.6 is 0 Å². The van der Waals surface area contributed by atoms with Gasteiger partial charge in [-0.3, -0.25) is 4.57 Å². The Labute approximate surface area is 155 Å². The smallest absolute Gasteiger partial charge is 0.414 e. The number of rotatable bonds is 3. The number of aromatic amines is 1. The summed E-state index contributed by atoms with van der Waals surface area (Å²) in [6, 6.07) is 8.78. The summed E-state index contributed by atoms with van der Waals surface area (Å²) in [5.41, 5.74) is -0.881. The van der Waals surface area contributed by atoms with Crippen molar-refractivity contribution in [3.8, 4) is 5.82 Å². The van der Waals surface area contributed by atoms with E-state index in [1.807, 2.05) is 18.2 Å². The van der Waals surface area contributed by atoms with E-state index in [0.29, 0.717) is 28.5 Å². The Kier molecular flexibility index (Phi) is 3.51. The van der Waals surface area contributed by atoms with Crippen LogP contribution in [0.15, 0.2) is 67.3 Å². The predicted molar refractivity (Wildman–Crippen MR) is 101 cm³/mol. The Morgan fingerprint density at radius 2 is 1.86 bits per heavy atom. The maximum absolute atomic E-state index is 11.7. The summed E-state index contributed by atoms with van der Waals surface area (Å²) in [5.74, 6) is 1.82. The van der Waals surface area contributed by atoms with Crippen molar-refractivity contribution in [2.75, 3.05) is 0 Å². The summed E-state index contributed by atoms with van der Waals surface area (Å²) in [5, 5.41) is 0. The quantitative estimate of drug-likeness (QED) is 0.482. The Balaban J connectivity index is 1.84. The zero-order valence-electron chi connectivity index (χ0n) is 14.2. The number of nitrogens with one attached hydrogen (secondary N) is 1. The molecule has 0 spiro atoms. The summed E-state index contributed by atoms with van der Waals surface area (Å²) in [7, 11) is 0. The van der Waals surface area contributed by atoms with Crippen LogP contribution in [0.2, 0.25) is 0 Å². The molecule has 0 atom stereocenters. The number of hydrogen-bond acceptors (Lipinski definition) is 7. The Morgan fingerprint density at radius 1 is 0.964 bits per heavy atom. The fourth-order valence-electron chi connectivity index (χ4n) is 2.93. The molecule has 0 unspecified atom stereocenters. The fraction of sp³-hybridized carbons (Fsp3) is 0. The third kappa shape index (κ3) is 2.53. The van der Waals surface area contributed by atoms with E-state index in [2.05, 4.69) is 19.9 Å². The lowest BCUT2D eigenvalue weighted by molar-refractivity contribution is 0.450. The van der Waals surface area contributed by atoms with E-state index in [-0.39, 0.29) is 11.2 Å². The van der Waals surface area contributed by atoms with Gasteiger partial charge in [0.15, 0.2) is 5.58 Å². The van der Waals surface area contributed by atoms with Gasteiger partial charge in [-0.2, -0.15) is 0 Å². The molecule has 0 saturated carbocycles. The molecule has 9 heteroatoms. The van der Waals surface area contributed by atoms with Crippen molar-refractivity contribution in [3.63, 3.8) is 0 Å². The fourth-order valence-corrected chi connectivity index (χ4v) is 2.93. The van der Waals surface area contributed by atoms with Gasteiger partial charge >= 0.3 is 11.3 Å². The number of aromatic nitrogens is 5. The minimum Gasteiger partial charge on any atom is -0.414 e. The monoisotopic (exact) mass is 373 g/mol. The molecular formula is C19H11N5O4. The second-order valence-electron chi connectivity index (χ2n) is 5.84. The van der Waals surface area contributed by atoms with Crippen molar-refractivity contribution in [2.45, 2.75) is 0 Å². The average Bonchev–Trinajstić information content (AvgIpc) is 3.35. The zero-order chi connectivity index (χ0) is 19.1. The van der Waals surface area contributed by atoms with Gasteiger partial charge in [0.05, 0.1) is 5.52 Å². The van der Waals surface area contributed by atoms with Crippen LogP contribution in [0.3, 0.4) is 0 Å². The first-order valence-corrected chi connectivity index (χ1v) is 8.29. The molecule has 0 fully saturated rings. The largest absolute Gasteiger partial charge is 0.423 e. The van der Waals surface area contributed by atoms with E-state index in [1.54, 1.807) is 47.4 Å². The standard InChI is InChI=1S/C19H11N5O4/c25-18-19(26)28-17-12(27-18)5-4-11-16(17)23-15(7-6-13-20-9-10-21-13)24(11)14-3-1-2-8-22-14/h1-10H,(H,20,21)/b7-6+. The molecule has 5 aromatic rings. The molecule has 4 heterocycles. The summed E-state index contributed by atoms with van der Waals surface area (Å²) in [4.78, 5) is 39.3. The van der Waals surface area contributed by atoms with Crippen molar-refractivity contribution in [1.82, 2.24) is 24.5 Å². The van der Waals surface area contributed by atoms with Crippen molar-refractivity contribution < 1.29 is 8.83 Å². The lowest BCUT2D eigenvalue weighted by atomic mass is 10.3. The van der Waals surface area contributed by atoms with Crippen LogP contribution in [0.4, 0.5) is 0 Å². The molecular weight excluding hydrogens is 362 g/mol. The van der Waals surface area contributed by atoms with Gasteiger partial charge in [-0.15, -0.1) is 0 Å². The molecule has 28 heavy (non-hydrogen) atoms. The summed E-state index contributed by atoms with van der Waals surface area (Å²) in [6.07, 6.45) is 8.55. The Hall–Kier alpha value is -4.27. The maximum Gasteiger partial charge on any atom is 0.423 e. The van der Waals surface area contributed by atoms with E-state index >= 15 is 0 Å².